The molecule has 18 heavy (non-hydrogen) atoms. The number of aryl methyl sites for hydroxylation is 2. The molecule has 0 aliphatic carbocycles. The summed E-state index contributed by atoms with van der Waals surface area (Å²) in [6.45, 7) is 6.06. The lowest BCUT2D eigenvalue weighted by Gasteiger charge is -2.09. The van der Waals surface area contributed by atoms with Crippen molar-refractivity contribution in [2.45, 2.75) is 43.4 Å². The van der Waals surface area contributed by atoms with Gasteiger partial charge >= 0.3 is 0 Å². The Kier molecular flexibility index (Phi) is 4.09. The summed E-state index contributed by atoms with van der Waals surface area (Å²) in [6, 6.07) is 6.57. The highest BCUT2D eigenvalue weighted by molar-refractivity contribution is 7.99. The van der Waals surface area contributed by atoms with E-state index in [4.69, 9.17) is 10.2 Å². The van der Waals surface area contributed by atoms with Crippen molar-refractivity contribution >= 4 is 11.8 Å². The summed E-state index contributed by atoms with van der Waals surface area (Å²) < 4.78 is 5.33. The Balaban J connectivity index is 2.13. The molecular formula is C14H18N2OS. The third-order valence-electron chi connectivity index (χ3n) is 2.66. The van der Waals surface area contributed by atoms with Crippen molar-refractivity contribution in [1.29, 1.82) is 0 Å². The first-order chi connectivity index (χ1) is 8.54. The standard InChI is InChI=1S/C14H18N2OS/c1-9-6-13(5-4-12(9)7-10(2)15)18-14-16-11(3)8-17-14/h4-6,8,10H,7,15H2,1-3H3. The lowest BCUT2D eigenvalue weighted by atomic mass is 10.0. The van der Waals surface area contributed by atoms with Gasteiger partial charge in [0.15, 0.2) is 0 Å². The topological polar surface area (TPSA) is 52.0 Å². The van der Waals surface area contributed by atoms with Crippen LogP contribution in [0.3, 0.4) is 0 Å². The second-order valence-corrected chi connectivity index (χ2v) is 5.65. The van der Waals surface area contributed by atoms with Crippen molar-refractivity contribution in [2.75, 3.05) is 0 Å². The molecule has 4 heteroatoms. The van der Waals surface area contributed by atoms with Crippen LogP contribution in [0.1, 0.15) is 23.7 Å². The van der Waals surface area contributed by atoms with Gasteiger partial charge in [-0.1, -0.05) is 6.07 Å². The van der Waals surface area contributed by atoms with Crippen molar-refractivity contribution < 1.29 is 4.42 Å². The van der Waals surface area contributed by atoms with E-state index in [-0.39, 0.29) is 6.04 Å². The van der Waals surface area contributed by atoms with Gasteiger partial charge in [-0.15, -0.1) is 0 Å². The minimum Gasteiger partial charge on any atom is -0.439 e. The third kappa shape index (κ3) is 3.37. The minimum atomic E-state index is 0.191. The Labute approximate surface area is 112 Å². The van der Waals surface area contributed by atoms with E-state index in [1.807, 2.05) is 13.8 Å². The molecule has 1 aromatic carbocycles. The van der Waals surface area contributed by atoms with E-state index in [1.165, 1.54) is 11.1 Å². The van der Waals surface area contributed by atoms with Crippen LogP contribution in [-0.2, 0) is 6.42 Å². The van der Waals surface area contributed by atoms with Crippen molar-refractivity contribution in [1.82, 2.24) is 4.98 Å². The molecule has 2 N–H and O–H groups in total. The van der Waals surface area contributed by atoms with Gasteiger partial charge in [-0.05, 0) is 62.2 Å². The van der Waals surface area contributed by atoms with Gasteiger partial charge in [0.2, 0.25) is 0 Å². The zero-order valence-electron chi connectivity index (χ0n) is 10.9. The Morgan fingerprint density at radius 2 is 2.17 bits per heavy atom. The highest BCUT2D eigenvalue weighted by Gasteiger charge is 2.07. The van der Waals surface area contributed by atoms with Gasteiger partial charge in [0.25, 0.3) is 5.22 Å². The van der Waals surface area contributed by atoms with Crippen LogP contribution in [0.15, 0.2) is 39.0 Å². The molecule has 1 atom stereocenters. The highest BCUT2D eigenvalue weighted by Crippen LogP contribution is 2.28. The van der Waals surface area contributed by atoms with Gasteiger partial charge < -0.3 is 10.2 Å². The van der Waals surface area contributed by atoms with E-state index in [2.05, 4.69) is 30.1 Å². The summed E-state index contributed by atoms with van der Waals surface area (Å²) >= 11 is 1.54. The zero-order valence-corrected chi connectivity index (χ0v) is 11.8. The van der Waals surface area contributed by atoms with E-state index < -0.39 is 0 Å². The van der Waals surface area contributed by atoms with Crippen LogP contribution in [0, 0.1) is 13.8 Å². The van der Waals surface area contributed by atoms with Gasteiger partial charge in [0.1, 0.15) is 6.26 Å². The van der Waals surface area contributed by atoms with E-state index >= 15 is 0 Å². The molecule has 1 heterocycles. The second kappa shape index (κ2) is 5.59. The molecule has 2 rings (SSSR count). The molecule has 0 aliphatic heterocycles. The maximum Gasteiger partial charge on any atom is 0.260 e. The maximum absolute atomic E-state index is 5.83. The maximum atomic E-state index is 5.83. The van der Waals surface area contributed by atoms with Gasteiger partial charge in [0.05, 0.1) is 5.69 Å². The van der Waals surface area contributed by atoms with Crippen molar-refractivity contribution in [3.8, 4) is 0 Å². The molecule has 3 nitrogen and oxygen atoms in total. The normalized spacial score (nSPS) is 12.7. The summed E-state index contributed by atoms with van der Waals surface area (Å²) in [4.78, 5) is 5.42. The predicted molar refractivity (Wildman–Crippen MR) is 73.9 cm³/mol. The van der Waals surface area contributed by atoms with Crippen LogP contribution in [-0.4, -0.2) is 11.0 Å². The molecule has 0 fully saturated rings. The van der Waals surface area contributed by atoms with E-state index in [9.17, 15) is 0 Å². The average molecular weight is 262 g/mol. The number of hydrogen-bond acceptors (Lipinski definition) is 4. The fourth-order valence-corrected chi connectivity index (χ4v) is 2.65. The molecule has 1 unspecified atom stereocenters. The van der Waals surface area contributed by atoms with Crippen LogP contribution < -0.4 is 5.73 Å². The first kappa shape index (κ1) is 13.2. The average Bonchev–Trinajstić information content (AvgIpc) is 2.68. The molecule has 0 saturated heterocycles. The highest BCUT2D eigenvalue weighted by atomic mass is 32.2. The smallest absolute Gasteiger partial charge is 0.260 e. The lowest BCUT2D eigenvalue weighted by Crippen LogP contribution is -2.18. The number of benzene rings is 1. The molecule has 96 valence electrons. The number of rotatable bonds is 4. The second-order valence-electron chi connectivity index (χ2n) is 4.63. The van der Waals surface area contributed by atoms with Crippen molar-refractivity contribution in [3.05, 3.63) is 41.3 Å². The molecule has 0 aliphatic rings. The summed E-state index contributed by atoms with van der Waals surface area (Å²) in [5.74, 6) is 0. The first-order valence-corrected chi connectivity index (χ1v) is 6.81. The summed E-state index contributed by atoms with van der Waals surface area (Å²) in [6.07, 6.45) is 2.58. The Morgan fingerprint density at radius 3 is 2.72 bits per heavy atom. The van der Waals surface area contributed by atoms with Crippen LogP contribution in [0.5, 0.6) is 0 Å². The fourth-order valence-electron chi connectivity index (χ4n) is 1.79. The number of aromatic nitrogens is 1. The molecule has 0 amide bonds. The Bertz CT molecular complexity index is 534. The van der Waals surface area contributed by atoms with E-state index in [1.54, 1.807) is 18.0 Å². The number of oxazole rings is 1. The van der Waals surface area contributed by atoms with Crippen LogP contribution in [0.25, 0.3) is 0 Å². The monoisotopic (exact) mass is 262 g/mol. The van der Waals surface area contributed by atoms with E-state index in [0.29, 0.717) is 5.22 Å². The van der Waals surface area contributed by atoms with Crippen LogP contribution in [0.4, 0.5) is 0 Å². The molecule has 0 saturated carbocycles. The fraction of sp³-hybridized carbons (Fsp3) is 0.357. The van der Waals surface area contributed by atoms with Crippen molar-refractivity contribution in [3.63, 3.8) is 0 Å². The molecule has 2 aromatic rings. The predicted octanol–water partition coefficient (Wildman–Crippen LogP) is 3.33. The van der Waals surface area contributed by atoms with Crippen LogP contribution in [0.2, 0.25) is 0 Å². The minimum absolute atomic E-state index is 0.191. The van der Waals surface area contributed by atoms with Gasteiger partial charge in [-0.3, -0.25) is 0 Å². The Hall–Kier alpha value is -1.26. The SMILES string of the molecule is Cc1coc(Sc2ccc(CC(C)N)c(C)c2)n1. The van der Waals surface area contributed by atoms with Crippen molar-refractivity contribution in [2.24, 2.45) is 5.73 Å². The summed E-state index contributed by atoms with van der Waals surface area (Å²) in [5.41, 5.74) is 9.30. The summed E-state index contributed by atoms with van der Waals surface area (Å²) in [5, 5.41) is 0.687. The van der Waals surface area contributed by atoms with Crippen LogP contribution >= 0.6 is 11.8 Å². The summed E-state index contributed by atoms with van der Waals surface area (Å²) in [7, 11) is 0. The van der Waals surface area contributed by atoms with E-state index in [0.717, 1.165) is 17.0 Å². The number of nitrogens with zero attached hydrogens (tertiary/aromatic N) is 1. The van der Waals surface area contributed by atoms with Gasteiger partial charge in [-0.2, -0.15) is 0 Å². The molecule has 0 radical (unpaired) electrons. The number of hydrogen-bond donors (Lipinski definition) is 1. The first-order valence-electron chi connectivity index (χ1n) is 5.99. The number of nitrogens with two attached hydrogens (primary N) is 1. The third-order valence-corrected chi connectivity index (χ3v) is 3.51. The van der Waals surface area contributed by atoms with Gasteiger partial charge in [0, 0.05) is 10.9 Å². The van der Waals surface area contributed by atoms with Gasteiger partial charge in [-0.25, -0.2) is 4.98 Å². The zero-order chi connectivity index (χ0) is 13.1. The molecule has 0 spiro atoms. The molecule has 0 bridgehead atoms. The quantitative estimate of drug-likeness (QED) is 0.918. The molecule has 1 aromatic heterocycles. The largest absolute Gasteiger partial charge is 0.439 e. The Morgan fingerprint density at radius 1 is 1.39 bits per heavy atom. The molecular weight excluding hydrogens is 244 g/mol. The lowest BCUT2D eigenvalue weighted by molar-refractivity contribution is 0.454.